The molecule has 2 rings (SSSR count). The topological polar surface area (TPSA) is 84.9 Å². The maximum Gasteiger partial charge on any atom is 0.341 e. The van der Waals surface area contributed by atoms with E-state index in [1.807, 2.05) is 11.8 Å². The molecule has 0 saturated carbocycles. The van der Waals surface area contributed by atoms with E-state index in [4.69, 9.17) is 9.47 Å². The van der Waals surface area contributed by atoms with Gasteiger partial charge in [0.25, 0.3) is 0 Å². The van der Waals surface area contributed by atoms with E-state index < -0.39 is 0 Å². The number of carbonyl (C=O) groups excluding carboxylic acids is 3. The van der Waals surface area contributed by atoms with Gasteiger partial charge in [-0.1, -0.05) is 13.8 Å². The van der Waals surface area contributed by atoms with Crippen LogP contribution in [0.1, 0.15) is 48.0 Å². The summed E-state index contributed by atoms with van der Waals surface area (Å²) in [6.07, 6.45) is 2.80. The van der Waals surface area contributed by atoms with Crippen LogP contribution in [-0.2, 0) is 31.9 Å². The standard InChI is InChI=1S/C19H28N2O5S/c1-5-21(10-12(3)18(23)25-4)11-15(22)20-17-16(19(24)26-6-2)13-8-7-9-14(13)27-17/h12H,5-11H2,1-4H3,(H,20,22). The van der Waals surface area contributed by atoms with Gasteiger partial charge in [-0.05, 0) is 38.3 Å². The van der Waals surface area contributed by atoms with Crippen LogP contribution in [0.3, 0.4) is 0 Å². The molecule has 1 heterocycles. The number of esters is 2. The molecule has 1 aliphatic carbocycles. The van der Waals surface area contributed by atoms with Gasteiger partial charge in [0.2, 0.25) is 5.91 Å². The molecule has 0 fully saturated rings. The predicted octanol–water partition coefficient (Wildman–Crippen LogP) is 2.48. The molecule has 0 aromatic carbocycles. The van der Waals surface area contributed by atoms with Gasteiger partial charge in [-0.25, -0.2) is 4.79 Å². The van der Waals surface area contributed by atoms with E-state index in [0.29, 0.717) is 30.3 Å². The number of hydrogen-bond acceptors (Lipinski definition) is 7. The zero-order chi connectivity index (χ0) is 20.0. The van der Waals surface area contributed by atoms with Crippen molar-refractivity contribution in [3.63, 3.8) is 0 Å². The van der Waals surface area contributed by atoms with E-state index >= 15 is 0 Å². The Morgan fingerprint density at radius 1 is 1.26 bits per heavy atom. The molecule has 1 atom stereocenters. The second kappa shape index (κ2) is 9.85. The van der Waals surface area contributed by atoms with Crippen molar-refractivity contribution in [2.75, 3.05) is 38.7 Å². The largest absolute Gasteiger partial charge is 0.469 e. The number of anilines is 1. The van der Waals surface area contributed by atoms with E-state index in [1.54, 1.807) is 13.8 Å². The Hall–Kier alpha value is -1.93. The molecule has 0 saturated heterocycles. The number of methoxy groups -OCH3 is 1. The SMILES string of the molecule is CCOC(=O)c1c(NC(=O)CN(CC)CC(C)C(=O)OC)sc2c1CCC2. The maximum absolute atomic E-state index is 12.5. The highest BCUT2D eigenvalue weighted by molar-refractivity contribution is 7.17. The fourth-order valence-corrected chi connectivity index (χ4v) is 4.54. The van der Waals surface area contributed by atoms with Crippen molar-refractivity contribution in [1.82, 2.24) is 4.90 Å². The predicted molar refractivity (Wildman–Crippen MR) is 104 cm³/mol. The van der Waals surface area contributed by atoms with Gasteiger partial charge in [-0.2, -0.15) is 0 Å². The summed E-state index contributed by atoms with van der Waals surface area (Å²) in [4.78, 5) is 39.6. The zero-order valence-electron chi connectivity index (χ0n) is 16.4. The molecule has 8 heteroatoms. The molecule has 1 aromatic heterocycles. The minimum absolute atomic E-state index is 0.142. The van der Waals surface area contributed by atoms with Gasteiger partial charge in [0.1, 0.15) is 5.00 Å². The first-order chi connectivity index (χ1) is 12.9. The summed E-state index contributed by atoms with van der Waals surface area (Å²) >= 11 is 1.46. The van der Waals surface area contributed by atoms with Gasteiger partial charge < -0.3 is 14.8 Å². The molecule has 0 bridgehead atoms. The fraction of sp³-hybridized carbons (Fsp3) is 0.632. The first-order valence-electron chi connectivity index (χ1n) is 9.32. The molecule has 1 aliphatic rings. The fourth-order valence-electron chi connectivity index (χ4n) is 3.25. The lowest BCUT2D eigenvalue weighted by molar-refractivity contribution is -0.145. The van der Waals surface area contributed by atoms with Crippen LogP contribution in [0.25, 0.3) is 0 Å². The highest BCUT2D eigenvalue weighted by atomic mass is 32.1. The summed E-state index contributed by atoms with van der Waals surface area (Å²) in [6.45, 7) is 6.97. The number of fused-ring (bicyclic) bond motifs is 1. The molecular formula is C19H28N2O5S. The third-order valence-corrected chi connectivity index (χ3v) is 5.81. The Morgan fingerprint density at radius 2 is 2.00 bits per heavy atom. The van der Waals surface area contributed by atoms with Crippen LogP contribution in [0.5, 0.6) is 0 Å². The molecule has 27 heavy (non-hydrogen) atoms. The molecule has 150 valence electrons. The Kier molecular flexibility index (Phi) is 7.79. The number of nitrogens with one attached hydrogen (secondary N) is 1. The minimum Gasteiger partial charge on any atom is -0.469 e. The monoisotopic (exact) mass is 396 g/mol. The third-order valence-electron chi connectivity index (χ3n) is 4.60. The normalized spacial score (nSPS) is 14.0. The van der Waals surface area contributed by atoms with Crippen molar-refractivity contribution in [3.8, 4) is 0 Å². The molecule has 0 radical (unpaired) electrons. The van der Waals surface area contributed by atoms with Gasteiger partial charge in [0.05, 0.1) is 31.7 Å². The van der Waals surface area contributed by atoms with E-state index in [0.717, 1.165) is 29.7 Å². The minimum atomic E-state index is -0.376. The van der Waals surface area contributed by atoms with Crippen molar-refractivity contribution < 1.29 is 23.9 Å². The van der Waals surface area contributed by atoms with Crippen molar-refractivity contribution in [2.45, 2.75) is 40.0 Å². The molecular weight excluding hydrogens is 368 g/mol. The van der Waals surface area contributed by atoms with Crippen LogP contribution >= 0.6 is 11.3 Å². The first kappa shape index (κ1) is 21.4. The van der Waals surface area contributed by atoms with E-state index in [2.05, 4.69) is 5.32 Å². The van der Waals surface area contributed by atoms with Crippen molar-refractivity contribution in [1.29, 1.82) is 0 Å². The van der Waals surface area contributed by atoms with Gasteiger partial charge in [-0.15, -0.1) is 11.3 Å². The molecule has 0 aliphatic heterocycles. The average Bonchev–Trinajstić information content (AvgIpc) is 3.20. The number of nitrogens with zero attached hydrogens (tertiary/aromatic N) is 1. The molecule has 7 nitrogen and oxygen atoms in total. The summed E-state index contributed by atoms with van der Waals surface area (Å²) in [5.41, 5.74) is 1.52. The summed E-state index contributed by atoms with van der Waals surface area (Å²) in [5.74, 6) is -1.20. The quantitative estimate of drug-likeness (QED) is 0.646. The third kappa shape index (κ3) is 5.29. The lowest BCUT2D eigenvalue weighted by Gasteiger charge is -2.22. The highest BCUT2D eigenvalue weighted by Gasteiger charge is 2.28. The van der Waals surface area contributed by atoms with Crippen LogP contribution in [0.4, 0.5) is 5.00 Å². The summed E-state index contributed by atoms with van der Waals surface area (Å²) in [6, 6.07) is 0. The number of aryl methyl sites for hydroxylation is 1. The summed E-state index contributed by atoms with van der Waals surface area (Å²) in [5, 5.41) is 3.45. The lowest BCUT2D eigenvalue weighted by Crippen LogP contribution is -2.38. The van der Waals surface area contributed by atoms with Crippen molar-refractivity contribution >= 4 is 34.2 Å². The Labute approximate surface area is 164 Å². The molecule has 1 aromatic rings. The van der Waals surface area contributed by atoms with Crippen LogP contribution in [0.2, 0.25) is 0 Å². The average molecular weight is 397 g/mol. The van der Waals surface area contributed by atoms with Crippen molar-refractivity contribution in [2.24, 2.45) is 5.92 Å². The number of ether oxygens (including phenoxy) is 2. The molecule has 0 spiro atoms. The Balaban J connectivity index is 2.06. The molecule has 1 amide bonds. The van der Waals surface area contributed by atoms with E-state index in [1.165, 1.54) is 18.4 Å². The van der Waals surface area contributed by atoms with Gasteiger partial charge >= 0.3 is 11.9 Å². The number of carbonyl (C=O) groups is 3. The number of amides is 1. The second-order valence-corrected chi connectivity index (χ2v) is 7.69. The van der Waals surface area contributed by atoms with Gasteiger partial charge in [0, 0.05) is 11.4 Å². The van der Waals surface area contributed by atoms with E-state index in [9.17, 15) is 14.4 Å². The second-order valence-electron chi connectivity index (χ2n) is 6.58. The smallest absolute Gasteiger partial charge is 0.341 e. The van der Waals surface area contributed by atoms with Gasteiger partial charge in [0.15, 0.2) is 0 Å². The van der Waals surface area contributed by atoms with E-state index in [-0.39, 0.29) is 30.3 Å². The van der Waals surface area contributed by atoms with Crippen LogP contribution < -0.4 is 5.32 Å². The highest BCUT2D eigenvalue weighted by Crippen LogP contribution is 2.39. The number of rotatable bonds is 9. The van der Waals surface area contributed by atoms with Crippen LogP contribution in [-0.4, -0.2) is 56.1 Å². The Bertz CT molecular complexity index is 701. The maximum atomic E-state index is 12.5. The molecule has 1 unspecified atom stereocenters. The number of hydrogen-bond donors (Lipinski definition) is 1. The Morgan fingerprint density at radius 3 is 2.63 bits per heavy atom. The van der Waals surface area contributed by atoms with Crippen LogP contribution in [0, 0.1) is 5.92 Å². The lowest BCUT2D eigenvalue weighted by atomic mass is 10.1. The number of likely N-dealkylation sites (N-methyl/N-ethyl adjacent to an activating group) is 1. The summed E-state index contributed by atoms with van der Waals surface area (Å²) in [7, 11) is 1.36. The zero-order valence-corrected chi connectivity index (χ0v) is 17.2. The van der Waals surface area contributed by atoms with Gasteiger partial charge in [-0.3, -0.25) is 14.5 Å². The number of thiophene rings is 1. The molecule has 1 N–H and O–H groups in total. The summed E-state index contributed by atoms with van der Waals surface area (Å²) < 4.78 is 9.92. The van der Waals surface area contributed by atoms with Crippen molar-refractivity contribution in [3.05, 3.63) is 16.0 Å². The first-order valence-corrected chi connectivity index (χ1v) is 10.1. The van der Waals surface area contributed by atoms with Crippen LogP contribution in [0.15, 0.2) is 0 Å².